The summed E-state index contributed by atoms with van der Waals surface area (Å²) in [4.78, 5) is 2.46. The zero-order chi connectivity index (χ0) is 40.2. The molecule has 0 aromatic heterocycles. The van der Waals surface area contributed by atoms with Gasteiger partial charge < -0.3 is 4.90 Å². The van der Waals surface area contributed by atoms with Crippen LogP contribution in [0.5, 0.6) is 0 Å². The van der Waals surface area contributed by atoms with Gasteiger partial charge in [-0.25, -0.2) is 0 Å². The number of rotatable bonds is 7. The van der Waals surface area contributed by atoms with Crippen LogP contribution < -0.4 is 4.90 Å². The fourth-order valence-electron chi connectivity index (χ4n) is 10.4. The van der Waals surface area contributed by atoms with Crippen LogP contribution in [0.4, 0.5) is 17.1 Å². The second-order valence-electron chi connectivity index (χ2n) is 17.6. The molecule has 0 atom stereocenters. The van der Waals surface area contributed by atoms with Crippen molar-refractivity contribution in [3.05, 3.63) is 211 Å². The van der Waals surface area contributed by atoms with Gasteiger partial charge in [0.2, 0.25) is 0 Å². The Morgan fingerprint density at radius 2 is 0.883 bits per heavy atom. The Hall–Kier alpha value is -6.70. The van der Waals surface area contributed by atoms with E-state index in [0.29, 0.717) is 5.92 Å². The molecule has 60 heavy (non-hydrogen) atoms. The molecule has 9 aromatic carbocycles. The Bertz CT molecular complexity index is 3000. The number of hydrogen-bond acceptors (Lipinski definition) is 1. The Morgan fingerprint density at radius 3 is 1.57 bits per heavy atom. The highest BCUT2D eigenvalue weighted by Gasteiger charge is 2.36. The van der Waals surface area contributed by atoms with E-state index < -0.39 is 0 Å². The lowest BCUT2D eigenvalue weighted by Gasteiger charge is -2.29. The molecule has 1 fully saturated rings. The van der Waals surface area contributed by atoms with E-state index in [1.807, 2.05) is 0 Å². The molecule has 0 amide bonds. The van der Waals surface area contributed by atoms with Crippen LogP contribution in [-0.2, 0) is 5.41 Å². The minimum Gasteiger partial charge on any atom is -0.310 e. The van der Waals surface area contributed by atoms with Crippen molar-refractivity contribution in [3.63, 3.8) is 0 Å². The maximum atomic E-state index is 2.47. The van der Waals surface area contributed by atoms with E-state index in [-0.39, 0.29) is 5.41 Å². The second kappa shape index (κ2) is 14.8. The molecule has 0 heterocycles. The van der Waals surface area contributed by atoms with E-state index in [2.05, 4.69) is 213 Å². The molecule has 0 bridgehead atoms. The molecule has 1 nitrogen and oxygen atoms in total. The van der Waals surface area contributed by atoms with Gasteiger partial charge in [-0.2, -0.15) is 0 Å². The molecule has 0 aliphatic heterocycles. The molecule has 0 spiro atoms. The Labute approximate surface area is 354 Å². The minimum absolute atomic E-state index is 0.185. The predicted molar refractivity (Wildman–Crippen MR) is 256 cm³/mol. The first-order valence-electron chi connectivity index (χ1n) is 21.9. The third kappa shape index (κ3) is 6.32. The lowest BCUT2D eigenvalue weighted by Crippen LogP contribution is -2.16. The normalized spacial score (nSPS) is 14.6. The minimum atomic E-state index is -0.185. The van der Waals surface area contributed by atoms with E-state index in [1.54, 1.807) is 0 Å². The van der Waals surface area contributed by atoms with Gasteiger partial charge in [0.05, 0.1) is 0 Å². The van der Waals surface area contributed by atoms with Gasteiger partial charge in [0.25, 0.3) is 0 Å². The molecular weight excluding hydrogens is 723 g/mol. The summed E-state index contributed by atoms with van der Waals surface area (Å²) in [5.74, 6) is 0.672. The molecular formula is C59H49N. The van der Waals surface area contributed by atoms with Crippen LogP contribution >= 0.6 is 0 Å². The van der Waals surface area contributed by atoms with Gasteiger partial charge in [0, 0.05) is 22.5 Å². The number of hydrogen-bond donors (Lipinski definition) is 0. The van der Waals surface area contributed by atoms with Crippen LogP contribution in [0, 0.1) is 0 Å². The van der Waals surface area contributed by atoms with Crippen LogP contribution in [0.25, 0.3) is 66.1 Å². The lowest BCUT2D eigenvalue weighted by atomic mass is 9.81. The van der Waals surface area contributed by atoms with E-state index in [1.165, 1.54) is 126 Å². The van der Waals surface area contributed by atoms with Crippen molar-refractivity contribution in [2.75, 3.05) is 4.90 Å². The Kier molecular flexibility index (Phi) is 9.00. The standard InChI is InChI=1S/C59H49N/c1-59(2)57-38-47(56-37-46-17-9-10-18-51(46)52-19-11-12-20-53(52)56)29-35-54(57)55-36-34-50(39-58(55)59)60(48-30-25-44(26-31-48)41-15-7-4-8-16-41)49-32-27-45(28-33-49)43-23-21-42(22-24-43)40-13-5-3-6-14-40/h3,5-6,9-14,17-39,41H,4,7-8,15-16H2,1-2H3. The molecule has 2 aliphatic carbocycles. The summed E-state index contributed by atoms with van der Waals surface area (Å²) >= 11 is 0. The first kappa shape index (κ1) is 36.4. The van der Waals surface area contributed by atoms with Gasteiger partial charge >= 0.3 is 0 Å². The molecule has 1 heteroatoms. The Morgan fingerprint density at radius 1 is 0.383 bits per heavy atom. The zero-order valence-electron chi connectivity index (χ0n) is 34.5. The highest BCUT2D eigenvalue weighted by Crippen LogP contribution is 2.52. The summed E-state index contributed by atoms with van der Waals surface area (Å²) in [6, 6.07) is 72.6. The molecule has 0 unspecified atom stereocenters. The third-order valence-electron chi connectivity index (χ3n) is 13.7. The van der Waals surface area contributed by atoms with Gasteiger partial charge in [-0.15, -0.1) is 0 Å². The van der Waals surface area contributed by atoms with Crippen LogP contribution in [0.15, 0.2) is 194 Å². The largest absolute Gasteiger partial charge is 0.310 e. The van der Waals surface area contributed by atoms with E-state index >= 15 is 0 Å². The average Bonchev–Trinajstić information content (AvgIpc) is 3.54. The first-order chi connectivity index (χ1) is 29.5. The van der Waals surface area contributed by atoms with Gasteiger partial charge in [0.15, 0.2) is 0 Å². The number of benzene rings is 9. The molecule has 1 saturated carbocycles. The summed E-state index contributed by atoms with van der Waals surface area (Å²) in [6.07, 6.45) is 6.66. The summed E-state index contributed by atoms with van der Waals surface area (Å²) in [5, 5.41) is 5.18. The van der Waals surface area contributed by atoms with E-state index in [9.17, 15) is 0 Å². The van der Waals surface area contributed by atoms with Crippen molar-refractivity contribution < 1.29 is 0 Å². The van der Waals surface area contributed by atoms with Crippen molar-refractivity contribution in [2.24, 2.45) is 0 Å². The predicted octanol–water partition coefficient (Wildman–Crippen LogP) is 16.8. The lowest BCUT2D eigenvalue weighted by molar-refractivity contribution is 0.443. The fourth-order valence-corrected chi connectivity index (χ4v) is 10.4. The molecule has 0 saturated heterocycles. The zero-order valence-corrected chi connectivity index (χ0v) is 34.5. The van der Waals surface area contributed by atoms with E-state index in [4.69, 9.17) is 0 Å². The van der Waals surface area contributed by atoms with Crippen molar-refractivity contribution >= 4 is 38.6 Å². The SMILES string of the molecule is CC1(C)c2cc(-c3cc4ccccc4c4ccccc34)ccc2-c2ccc(N(c3ccc(-c4ccc(-c5ccccc5)cc4)cc3)c3ccc(C4CCCCC4)cc3)cc21. The van der Waals surface area contributed by atoms with E-state index in [0.717, 1.165) is 5.69 Å². The molecule has 11 rings (SSSR count). The quantitative estimate of drug-likeness (QED) is 0.146. The average molecular weight is 772 g/mol. The molecule has 290 valence electrons. The summed E-state index contributed by atoms with van der Waals surface area (Å²) in [5.41, 5.74) is 17.7. The topological polar surface area (TPSA) is 3.24 Å². The molecule has 0 N–H and O–H groups in total. The first-order valence-corrected chi connectivity index (χ1v) is 21.9. The molecule has 2 aliphatic rings. The van der Waals surface area contributed by atoms with Gasteiger partial charge in [-0.05, 0) is 150 Å². The van der Waals surface area contributed by atoms with Crippen molar-refractivity contribution in [1.29, 1.82) is 0 Å². The van der Waals surface area contributed by atoms with Gasteiger partial charge in [0.1, 0.15) is 0 Å². The van der Waals surface area contributed by atoms with Gasteiger partial charge in [-0.1, -0.05) is 179 Å². The second-order valence-corrected chi connectivity index (χ2v) is 17.6. The summed E-state index contributed by atoms with van der Waals surface area (Å²) < 4.78 is 0. The van der Waals surface area contributed by atoms with Crippen LogP contribution in [0.1, 0.15) is 68.6 Å². The van der Waals surface area contributed by atoms with Crippen LogP contribution in [-0.4, -0.2) is 0 Å². The van der Waals surface area contributed by atoms with Crippen molar-refractivity contribution in [2.45, 2.75) is 57.3 Å². The molecule has 9 aromatic rings. The Balaban J connectivity index is 0.970. The number of anilines is 3. The maximum absolute atomic E-state index is 2.47. The van der Waals surface area contributed by atoms with Gasteiger partial charge in [-0.3, -0.25) is 0 Å². The monoisotopic (exact) mass is 771 g/mol. The fraction of sp³-hybridized carbons (Fsp3) is 0.153. The number of fused-ring (bicyclic) bond motifs is 6. The van der Waals surface area contributed by atoms with Crippen molar-refractivity contribution in [3.8, 4) is 44.5 Å². The van der Waals surface area contributed by atoms with Crippen molar-refractivity contribution in [1.82, 2.24) is 0 Å². The van der Waals surface area contributed by atoms with Crippen LogP contribution in [0.3, 0.4) is 0 Å². The smallest absolute Gasteiger partial charge is 0.0465 e. The number of nitrogens with zero attached hydrogens (tertiary/aromatic N) is 1. The molecule has 0 radical (unpaired) electrons. The van der Waals surface area contributed by atoms with Crippen LogP contribution in [0.2, 0.25) is 0 Å². The summed E-state index contributed by atoms with van der Waals surface area (Å²) in [7, 11) is 0. The highest BCUT2D eigenvalue weighted by atomic mass is 15.1. The summed E-state index contributed by atoms with van der Waals surface area (Å²) in [6.45, 7) is 4.82. The highest BCUT2D eigenvalue weighted by molar-refractivity contribution is 6.14. The third-order valence-corrected chi connectivity index (χ3v) is 13.7. The maximum Gasteiger partial charge on any atom is 0.0465 e.